The molecule has 2 atom stereocenters. The molecular weight excluding hydrogens is 460 g/mol. The van der Waals surface area contributed by atoms with Gasteiger partial charge in [0.15, 0.2) is 0 Å². The van der Waals surface area contributed by atoms with Crippen LogP contribution < -0.4 is 10.5 Å². The minimum atomic E-state index is -4.56. The molecule has 0 amide bonds. The van der Waals surface area contributed by atoms with Gasteiger partial charge < -0.3 is 9.47 Å². The van der Waals surface area contributed by atoms with Gasteiger partial charge in [-0.2, -0.15) is 13.2 Å². The Hall–Kier alpha value is -3.20. The number of aromatic nitrogens is 2. The van der Waals surface area contributed by atoms with E-state index in [4.69, 9.17) is 16.6 Å². The molecule has 0 saturated heterocycles. The van der Waals surface area contributed by atoms with Crippen molar-refractivity contribution in [2.24, 2.45) is 4.99 Å². The first-order valence-corrected chi connectivity index (χ1v) is 10.5. The molecule has 0 radical (unpaired) electrons. The summed E-state index contributed by atoms with van der Waals surface area (Å²) in [5.74, 6) is 0.0293. The van der Waals surface area contributed by atoms with Gasteiger partial charge >= 0.3 is 6.18 Å². The van der Waals surface area contributed by atoms with Crippen LogP contribution in [0.2, 0.25) is 5.02 Å². The second kappa shape index (κ2) is 8.62. The van der Waals surface area contributed by atoms with Crippen molar-refractivity contribution in [3.05, 3.63) is 92.9 Å². The van der Waals surface area contributed by atoms with E-state index in [0.29, 0.717) is 23.6 Å². The van der Waals surface area contributed by atoms with Crippen molar-refractivity contribution < 1.29 is 17.6 Å². The average molecular weight is 479 g/mol. The van der Waals surface area contributed by atoms with E-state index in [2.05, 4.69) is 4.98 Å². The average Bonchev–Trinajstić information content (AvgIpc) is 3.12. The minimum absolute atomic E-state index is 0.000398. The standard InChI is InChI=1S/C23H19ClF4N4O/c1-3-31-12-15(10-18(24)22(31)33)21-30-20(14-4-6-16(25)7-5-14)13(2)32(21)17-8-9-19(29-11-17)23(26,27)28/h4-13,20H,3H2,1-2H3/t13-,20+/m0/s1. The second-order valence-electron chi connectivity index (χ2n) is 7.63. The van der Waals surface area contributed by atoms with E-state index in [1.165, 1.54) is 28.8 Å². The van der Waals surface area contributed by atoms with Gasteiger partial charge in [0.05, 0.1) is 24.0 Å². The highest BCUT2D eigenvalue weighted by Crippen LogP contribution is 2.37. The number of aliphatic imine (C=N–C) groups is 1. The molecule has 0 unspecified atom stereocenters. The highest BCUT2D eigenvalue weighted by molar-refractivity contribution is 6.31. The van der Waals surface area contributed by atoms with E-state index < -0.39 is 17.9 Å². The van der Waals surface area contributed by atoms with Crippen molar-refractivity contribution in [1.82, 2.24) is 9.55 Å². The monoisotopic (exact) mass is 478 g/mol. The van der Waals surface area contributed by atoms with Gasteiger partial charge in [0.1, 0.15) is 22.4 Å². The van der Waals surface area contributed by atoms with Crippen LogP contribution in [0.5, 0.6) is 0 Å². The van der Waals surface area contributed by atoms with Crippen molar-refractivity contribution >= 4 is 23.1 Å². The van der Waals surface area contributed by atoms with Crippen LogP contribution in [0.1, 0.15) is 36.7 Å². The fourth-order valence-electron chi connectivity index (χ4n) is 3.87. The van der Waals surface area contributed by atoms with Crippen LogP contribution in [-0.2, 0) is 12.7 Å². The summed E-state index contributed by atoms with van der Waals surface area (Å²) in [7, 11) is 0. The summed E-state index contributed by atoms with van der Waals surface area (Å²) in [6.07, 6.45) is -1.82. The van der Waals surface area contributed by atoms with Gasteiger partial charge in [-0.1, -0.05) is 23.7 Å². The molecule has 1 aromatic carbocycles. The Morgan fingerprint density at radius 2 is 1.82 bits per heavy atom. The minimum Gasteiger partial charge on any atom is -0.319 e. The third-order valence-electron chi connectivity index (χ3n) is 5.52. The molecule has 4 rings (SSSR count). The Bertz CT molecular complexity index is 1250. The third-order valence-corrected chi connectivity index (χ3v) is 5.79. The Morgan fingerprint density at radius 3 is 2.39 bits per heavy atom. The molecule has 0 fully saturated rings. The molecule has 2 aromatic heterocycles. The van der Waals surface area contributed by atoms with E-state index in [9.17, 15) is 22.4 Å². The number of aryl methyl sites for hydroxylation is 1. The van der Waals surface area contributed by atoms with Crippen molar-refractivity contribution in [3.63, 3.8) is 0 Å². The molecule has 33 heavy (non-hydrogen) atoms. The zero-order valence-electron chi connectivity index (χ0n) is 17.6. The molecule has 0 N–H and O–H groups in total. The number of halogens is 5. The molecular formula is C23H19ClF4N4O. The van der Waals surface area contributed by atoms with E-state index >= 15 is 0 Å². The smallest absolute Gasteiger partial charge is 0.319 e. The lowest BCUT2D eigenvalue weighted by Crippen LogP contribution is -2.37. The van der Waals surface area contributed by atoms with Crippen LogP contribution in [0, 0.1) is 5.82 Å². The molecule has 3 aromatic rings. The molecule has 0 aliphatic carbocycles. The number of benzene rings is 1. The number of hydrogen-bond donors (Lipinski definition) is 0. The lowest BCUT2D eigenvalue weighted by molar-refractivity contribution is -0.141. The predicted octanol–water partition coefficient (Wildman–Crippen LogP) is 5.47. The number of anilines is 1. The van der Waals surface area contributed by atoms with Crippen LogP contribution in [0.25, 0.3) is 0 Å². The highest BCUT2D eigenvalue weighted by atomic mass is 35.5. The summed E-state index contributed by atoms with van der Waals surface area (Å²) < 4.78 is 53.9. The first-order valence-electron chi connectivity index (χ1n) is 10.2. The van der Waals surface area contributed by atoms with Gasteiger partial charge in [0.2, 0.25) is 0 Å². The molecule has 1 aliphatic heterocycles. The zero-order chi connectivity index (χ0) is 23.9. The lowest BCUT2D eigenvalue weighted by Gasteiger charge is -2.28. The predicted molar refractivity (Wildman–Crippen MR) is 118 cm³/mol. The van der Waals surface area contributed by atoms with Gasteiger partial charge in [-0.3, -0.25) is 9.79 Å². The van der Waals surface area contributed by atoms with Gasteiger partial charge in [-0.15, -0.1) is 0 Å². The van der Waals surface area contributed by atoms with Crippen LogP contribution in [0.15, 0.2) is 64.6 Å². The number of amidine groups is 1. The third kappa shape index (κ3) is 4.37. The van der Waals surface area contributed by atoms with E-state index in [0.717, 1.165) is 17.8 Å². The summed E-state index contributed by atoms with van der Waals surface area (Å²) in [5.41, 5.74) is 0.294. The SMILES string of the molecule is CCn1cc(C2=N[C@@H](c3ccc(F)cc3)[C@H](C)N2c2ccc(C(F)(F)F)nc2)cc(Cl)c1=O. The fourth-order valence-corrected chi connectivity index (χ4v) is 4.10. The summed E-state index contributed by atoms with van der Waals surface area (Å²) in [5, 5.41) is 0.000398. The molecule has 1 aliphatic rings. The quantitative estimate of drug-likeness (QED) is 0.467. The first-order chi connectivity index (χ1) is 15.6. The Balaban J connectivity index is 1.85. The van der Waals surface area contributed by atoms with Crippen molar-refractivity contribution in [1.29, 1.82) is 0 Å². The largest absolute Gasteiger partial charge is 0.433 e. The van der Waals surface area contributed by atoms with Gasteiger partial charge in [0, 0.05) is 18.3 Å². The zero-order valence-corrected chi connectivity index (χ0v) is 18.4. The first kappa shape index (κ1) is 23.0. The van der Waals surface area contributed by atoms with Crippen molar-refractivity contribution in [3.8, 4) is 0 Å². The molecule has 172 valence electrons. The van der Waals surface area contributed by atoms with Crippen LogP contribution in [0.4, 0.5) is 23.2 Å². The van der Waals surface area contributed by atoms with E-state index in [1.807, 2.05) is 6.92 Å². The number of alkyl halides is 3. The maximum absolute atomic E-state index is 13.5. The Morgan fingerprint density at radius 1 is 1.12 bits per heavy atom. The van der Waals surface area contributed by atoms with Gasteiger partial charge in [-0.05, 0) is 49.7 Å². The number of nitrogens with zero attached hydrogens (tertiary/aromatic N) is 4. The summed E-state index contributed by atoms with van der Waals surface area (Å²) in [4.78, 5) is 22.4. The molecule has 0 bridgehead atoms. The number of rotatable bonds is 4. The molecule has 5 nitrogen and oxygen atoms in total. The maximum Gasteiger partial charge on any atom is 0.433 e. The number of pyridine rings is 2. The molecule has 0 spiro atoms. The van der Waals surface area contributed by atoms with E-state index in [-0.39, 0.29) is 22.4 Å². The van der Waals surface area contributed by atoms with Gasteiger partial charge in [-0.25, -0.2) is 9.37 Å². The summed E-state index contributed by atoms with van der Waals surface area (Å²) >= 11 is 6.16. The lowest BCUT2D eigenvalue weighted by atomic mass is 10.0. The Labute approximate surface area is 192 Å². The molecule has 10 heteroatoms. The maximum atomic E-state index is 13.5. The molecule has 0 saturated carbocycles. The van der Waals surface area contributed by atoms with Crippen LogP contribution in [-0.4, -0.2) is 21.4 Å². The topological polar surface area (TPSA) is 50.5 Å². The van der Waals surface area contributed by atoms with Crippen molar-refractivity contribution in [2.45, 2.75) is 38.7 Å². The van der Waals surface area contributed by atoms with Crippen LogP contribution in [0.3, 0.4) is 0 Å². The molecule has 3 heterocycles. The van der Waals surface area contributed by atoms with Crippen LogP contribution >= 0.6 is 11.6 Å². The van der Waals surface area contributed by atoms with E-state index in [1.54, 1.807) is 30.2 Å². The Kier molecular flexibility index (Phi) is 6.00. The normalized spacial score (nSPS) is 18.5. The van der Waals surface area contributed by atoms with Gasteiger partial charge in [0.25, 0.3) is 5.56 Å². The summed E-state index contributed by atoms with van der Waals surface area (Å²) in [6, 6.07) is 8.82. The number of hydrogen-bond acceptors (Lipinski definition) is 4. The highest BCUT2D eigenvalue weighted by Gasteiger charge is 2.37. The summed E-state index contributed by atoms with van der Waals surface area (Å²) in [6.45, 7) is 4.03. The van der Waals surface area contributed by atoms with Crippen molar-refractivity contribution in [2.75, 3.05) is 4.90 Å². The fraction of sp³-hybridized carbons (Fsp3) is 0.261. The second-order valence-corrected chi connectivity index (χ2v) is 8.03.